The molecule has 1 fully saturated rings. The lowest BCUT2D eigenvalue weighted by Gasteiger charge is -2.38. The van der Waals surface area contributed by atoms with Crippen molar-refractivity contribution in [2.45, 2.75) is 68.5 Å². The average Bonchev–Trinajstić information content (AvgIpc) is 3.02. The highest BCUT2D eigenvalue weighted by Gasteiger charge is 2.41. The third-order valence-electron chi connectivity index (χ3n) is 7.48. The van der Waals surface area contributed by atoms with E-state index in [-0.39, 0.29) is 61.1 Å². The molecule has 2 atom stereocenters. The lowest BCUT2D eigenvalue weighted by atomic mass is 9.98. The largest absolute Gasteiger partial charge is 0.573 e. The number of pyridine rings is 1. The molecule has 2 amide bonds. The molecule has 4 rings (SSSR count). The summed E-state index contributed by atoms with van der Waals surface area (Å²) >= 11 is 0. The Morgan fingerprint density at radius 3 is 2.28 bits per heavy atom. The minimum Gasteiger partial charge on any atom is -0.406 e. The Morgan fingerprint density at radius 1 is 1.00 bits per heavy atom. The first-order valence-electron chi connectivity index (χ1n) is 14.2. The number of amides is 2. The Morgan fingerprint density at radius 2 is 1.67 bits per heavy atom. The molecular formula is C30H32F5N5O5S. The average molecular weight is 670 g/mol. The number of hydrogen-bond acceptors (Lipinski definition) is 7. The minimum atomic E-state index is -4.96. The quantitative estimate of drug-likeness (QED) is 0.245. The van der Waals surface area contributed by atoms with Crippen LogP contribution in [-0.4, -0.2) is 54.5 Å². The van der Waals surface area contributed by atoms with Gasteiger partial charge >= 0.3 is 6.36 Å². The van der Waals surface area contributed by atoms with E-state index < -0.39 is 45.9 Å². The van der Waals surface area contributed by atoms with Crippen LogP contribution in [0.2, 0.25) is 0 Å². The summed E-state index contributed by atoms with van der Waals surface area (Å²) < 4.78 is 97.9. The van der Waals surface area contributed by atoms with E-state index in [4.69, 9.17) is 5.73 Å². The molecule has 16 heteroatoms. The zero-order valence-electron chi connectivity index (χ0n) is 24.6. The number of carbonyl (C=O) groups is 2. The van der Waals surface area contributed by atoms with Gasteiger partial charge in [0.25, 0.3) is 11.8 Å². The number of primary amides is 1. The number of halogens is 5. The topological polar surface area (TPSA) is 144 Å². The summed E-state index contributed by atoms with van der Waals surface area (Å²) in [5.74, 6) is -4.98. The van der Waals surface area contributed by atoms with Gasteiger partial charge in [0.2, 0.25) is 15.9 Å². The Kier molecular flexibility index (Phi) is 10.6. The molecule has 0 aliphatic carbocycles. The van der Waals surface area contributed by atoms with Crippen molar-refractivity contribution in [3.8, 4) is 5.75 Å². The molecule has 1 aliphatic rings. The standard InChI is InChI=1S/C30H32F5N5O5S/c1-2-29(31,32)21-5-3-19(4-6-21)17-39-28(42)26-16-22(38-18-20-11-13-37-25(15-20)27(36)41)12-14-40(26)46(43,44)24-9-7-23(8-10-24)45-30(33,34)35/h3-11,13,15,22,26,38H,2,12,14,16-18H2,1H3,(H2,36,41)(H,39,42)/t22-,26-/m1/s1. The van der Waals surface area contributed by atoms with Crippen molar-refractivity contribution < 1.29 is 44.7 Å². The lowest BCUT2D eigenvalue weighted by molar-refractivity contribution is -0.274. The number of hydrogen-bond donors (Lipinski definition) is 3. The molecule has 0 saturated carbocycles. The second-order valence-corrected chi connectivity index (χ2v) is 12.5. The summed E-state index contributed by atoms with van der Waals surface area (Å²) in [5.41, 5.74) is 6.37. The monoisotopic (exact) mass is 669 g/mol. The summed E-state index contributed by atoms with van der Waals surface area (Å²) in [6.45, 7) is 1.43. The van der Waals surface area contributed by atoms with Crippen LogP contribution in [0.5, 0.6) is 5.75 Å². The molecule has 46 heavy (non-hydrogen) atoms. The molecular weight excluding hydrogens is 637 g/mol. The summed E-state index contributed by atoms with van der Waals surface area (Å²) in [4.78, 5) is 28.6. The van der Waals surface area contributed by atoms with E-state index in [1.165, 1.54) is 43.5 Å². The van der Waals surface area contributed by atoms with Crippen LogP contribution >= 0.6 is 0 Å². The van der Waals surface area contributed by atoms with Crippen molar-refractivity contribution in [1.29, 1.82) is 0 Å². The van der Waals surface area contributed by atoms with Gasteiger partial charge < -0.3 is 21.1 Å². The Labute approximate surface area is 262 Å². The van der Waals surface area contributed by atoms with E-state index in [1.807, 2.05) is 0 Å². The normalized spacial score (nSPS) is 17.8. The molecule has 1 aromatic heterocycles. The van der Waals surface area contributed by atoms with Crippen molar-refractivity contribution >= 4 is 21.8 Å². The van der Waals surface area contributed by atoms with Crippen molar-refractivity contribution in [2.24, 2.45) is 5.73 Å². The van der Waals surface area contributed by atoms with Gasteiger partial charge in [-0.15, -0.1) is 13.2 Å². The summed E-state index contributed by atoms with van der Waals surface area (Å²) in [7, 11) is -4.37. The van der Waals surface area contributed by atoms with Crippen LogP contribution in [0.1, 0.15) is 53.4 Å². The first-order chi connectivity index (χ1) is 21.6. The van der Waals surface area contributed by atoms with Gasteiger partial charge in [-0.25, -0.2) is 17.2 Å². The zero-order valence-corrected chi connectivity index (χ0v) is 25.4. The maximum Gasteiger partial charge on any atom is 0.573 e. The molecule has 248 valence electrons. The van der Waals surface area contributed by atoms with E-state index >= 15 is 0 Å². The van der Waals surface area contributed by atoms with Gasteiger partial charge in [0.05, 0.1) is 4.90 Å². The van der Waals surface area contributed by atoms with Crippen LogP contribution in [0.4, 0.5) is 22.0 Å². The molecule has 1 aliphatic heterocycles. The molecule has 2 heterocycles. The van der Waals surface area contributed by atoms with E-state index in [1.54, 1.807) is 6.07 Å². The fourth-order valence-electron chi connectivity index (χ4n) is 4.96. The minimum absolute atomic E-state index is 0.0236. The lowest BCUT2D eigenvalue weighted by Crippen LogP contribution is -2.56. The van der Waals surface area contributed by atoms with Crippen LogP contribution in [0.15, 0.2) is 71.8 Å². The number of carbonyl (C=O) groups excluding carboxylic acids is 2. The molecule has 10 nitrogen and oxygen atoms in total. The fraction of sp³-hybridized carbons (Fsp3) is 0.367. The smallest absolute Gasteiger partial charge is 0.406 e. The highest BCUT2D eigenvalue weighted by Crippen LogP contribution is 2.32. The summed E-state index contributed by atoms with van der Waals surface area (Å²) in [5, 5.41) is 5.93. The zero-order chi connectivity index (χ0) is 33.7. The Hall–Kier alpha value is -4.15. The number of nitrogens with one attached hydrogen (secondary N) is 2. The maximum absolute atomic E-state index is 14.0. The van der Waals surface area contributed by atoms with E-state index in [0.717, 1.165) is 28.6 Å². The van der Waals surface area contributed by atoms with Gasteiger partial charge in [-0.1, -0.05) is 31.2 Å². The number of aromatic nitrogens is 1. The van der Waals surface area contributed by atoms with E-state index in [2.05, 4.69) is 20.4 Å². The Bertz CT molecular complexity index is 1640. The molecule has 3 aromatic rings. The maximum atomic E-state index is 14.0. The summed E-state index contributed by atoms with van der Waals surface area (Å²) in [6, 6.07) is 10.6. The van der Waals surface area contributed by atoms with E-state index in [9.17, 15) is 40.0 Å². The summed E-state index contributed by atoms with van der Waals surface area (Å²) in [6.07, 6.45) is -3.62. The van der Waals surface area contributed by atoms with Gasteiger partial charge in [0.1, 0.15) is 17.5 Å². The van der Waals surface area contributed by atoms with Crippen LogP contribution in [0.3, 0.4) is 0 Å². The second kappa shape index (κ2) is 14.1. The number of ether oxygens (including phenoxy) is 1. The van der Waals surface area contributed by atoms with Gasteiger partial charge in [-0.05, 0) is 60.4 Å². The number of nitrogens with zero attached hydrogens (tertiary/aromatic N) is 2. The van der Waals surface area contributed by atoms with Crippen LogP contribution in [0, 0.1) is 0 Å². The molecule has 0 spiro atoms. The van der Waals surface area contributed by atoms with Gasteiger partial charge in [0.15, 0.2) is 0 Å². The molecule has 0 unspecified atom stereocenters. The van der Waals surface area contributed by atoms with Gasteiger partial charge in [0, 0.05) is 43.9 Å². The molecule has 1 saturated heterocycles. The highest BCUT2D eigenvalue weighted by molar-refractivity contribution is 7.89. The molecule has 4 N–H and O–H groups in total. The molecule has 0 radical (unpaired) electrons. The fourth-order valence-corrected chi connectivity index (χ4v) is 6.58. The highest BCUT2D eigenvalue weighted by atomic mass is 32.2. The Balaban J connectivity index is 1.52. The number of rotatable bonds is 12. The number of piperidine rings is 1. The number of alkyl halides is 5. The van der Waals surface area contributed by atoms with Gasteiger partial charge in [-0.2, -0.15) is 4.31 Å². The van der Waals surface area contributed by atoms with Crippen LogP contribution in [0.25, 0.3) is 0 Å². The first-order valence-corrected chi connectivity index (χ1v) is 15.6. The van der Waals surface area contributed by atoms with Crippen molar-refractivity contribution in [1.82, 2.24) is 19.9 Å². The van der Waals surface area contributed by atoms with Crippen molar-refractivity contribution in [3.63, 3.8) is 0 Å². The van der Waals surface area contributed by atoms with Crippen LogP contribution < -0.4 is 21.1 Å². The first kappa shape index (κ1) is 34.7. The third kappa shape index (κ3) is 8.76. The second-order valence-electron chi connectivity index (χ2n) is 10.6. The SMILES string of the molecule is CCC(F)(F)c1ccc(CNC(=O)[C@H]2C[C@H](NCc3ccnc(C(N)=O)c3)CCN2S(=O)(=O)c2ccc(OC(F)(F)F)cc2)cc1. The predicted octanol–water partition coefficient (Wildman–Crippen LogP) is 4.21. The third-order valence-corrected chi connectivity index (χ3v) is 9.40. The number of nitrogens with two attached hydrogens (primary N) is 1. The predicted molar refractivity (Wildman–Crippen MR) is 156 cm³/mol. The molecule has 0 bridgehead atoms. The van der Waals surface area contributed by atoms with Crippen molar-refractivity contribution in [2.75, 3.05) is 6.54 Å². The van der Waals surface area contributed by atoms with Crippen molar-refractivity contribution in [3.05, 3.63) is 89.2 Å². The number of sulfonamides is 1. The van der Waals surface area contributed by atoms with Gasteiger partial charge in [-0.3, -0.25) is 14.6 Å². The number of benzene rings is 2. The van der Waals surface area contributed by atoms with E-state index in [0.29, 0.717) is 11.1 Å². The van der Waals surface area contributed by atoms with Crippen LogP contribution in [-0.2, 0) is 33.8 Å². The molecule has 2 aromatic carbocycles.